The van der Waals surface area contributed by atoms with Gasteiger partial charge in [0.2, 0.25) is 0 Å². The molecule has 1 unspecified atom stereocenters. The summed E-state index contributed by atoms with van der Waals surface area (Å²) >= 11 is 0. The van der Waals surface area contributed by atoms with Crippen molar-refractivity contribution < 1.29 is 9.13 Å². The van der Waals surface area contributed by atoms with Gasteiger partial charge in [0.05, 0.1) is 0 Å². The van der Waals surface area contributed by atoms with Crippen LogP contribution in [-0.4, -0.2) is 6.10 Å². The van der Waals surface area contributed by atoms with E-state index in [1.54, 1.807) is 12.1 Å². The predicted molar refractivity (Wildman–Crippen MR) is 58.4 cm³/mol. The molecule has 1 aromatic rings. The van der Waals surface area contributed by atoms with Crippen LogP contribution < -0.4 is 4.74 Å². The van der Waals surface area contributed by atoms with Crippen LogP contribution in [0.5, 0.6) is 5.75 Å². The average Bonchev–Trinajstić information content (AvgIpc) is 2.22. The highest BCUT2D eigenvalue weighted by Gasteiger charge is 2.17. The summed E-state index contributed by atoms with van der Waals surface area (Å²) in [5.74, 6) is 0.520. The molecule has 15 heavy (non-hydrogen) atoms. The maximum atomic E-state index is 12.7. The Morgan fingerprint density at radius 2 is 2.00 bits per heavy atom. The first-order valence-electron chi connectivity index (χ1n) is 5.33. The lowest BCUT2D eigenvalue weighted by molar-refractivity contribution is 0.175. The van der Waals surface area contributed by atoms with Crippen LogP contribution >= 0.6 is 0 Å². The van der Waals surface area contributed by atoms with Crippen LogP contribution in [0.4, 0.5) is 4.39 Å². The van der Waals surface area contributed by atoms with Crippen molar-refractivity contribution in [2.75, 3.05) is 0 Å². The molecule has 1 aliphatic rings. The molecule has 1 saturated carbocycles. The number of hydrogen-bond acceptors (Lipinski definition) is 1. The van der Waals surface area contributed by atoms with Crippen molar-refractivity contribution in [2.24, 2.45) is 0 Å². The van der Waals surface area contributed by atoms with Gasteiger partial charge in [-0.1, -0.05) is 12.2 Å². The highest BCUT2D eigenvalue weighted by molar-refractivity contribution is 5.22. The van der Waals surface area contributed by atoms with Crippen LogP contribution in [0.25, 0.3) is 0 Å². The van der Waals surface area contributed by atoms with Gasteiger partial charge < -0.3 is 4.74 Å². The van der Waals surface area contributed by atoms with Gasteiger partial charge in [0.25, 0.3) is 0 Å². The Balaban J connectivity index is 1.96. The molecular formula is C13H15FO. The standard InChI is InChI=1S/C13H15FO/c1-10-3-2-4-13(9-10)15-12-7-5-11(14)6-8-12/h5-8,13H,1-4,9H2. The van der Waals surface area contributed by atoms with E-state index in [4.69, 9.17) is 4.74 Å². The minimum Gasteiger partial charge on any atom is -0.490 e. The second-order valence-electron chi connectivity index (χ2n) is 4.04. The van der Waals surface area contributed by atoms with Crippen molar-refractivity contribution in [3.63, 3.8) is 0 Å². The van der Waals surface area contributed by atoms with Crippen molar-refractivity contribution in [2.45, 2.75) is 31.8 Å². The lowest BCUT2D eigenvalue weighted by atomic mass is 9.94. The fraction of sp³-hybridized carbons (Fsp3) is 0.385. The molecule has 0 aromatic heterocycles. The third-order valence-corrected chi connectivity index (χ3v) is 2.69. The van der Waals surface area contributed by atoms with E-state index in [1.807, 2.05) is 0 Å². The molecule has 0 N–H and O–H groups in total. The molecule has 80 valence electrons. The second-order valence-corrected chi connectivity index (χ2v) is 4.04. The van der Waals surface area contributed by atoms with Gasteiger partial charge >= 0.3 is 0 Å². The first-order valence-corrected chi connectivity index (χ1v) is 5.33. The van der Waals surface area contributed by atoms with E-state index in [9.17, 15) is 4.39 Å². The number of benzene rings is 1. The summed E-state index contributed by atoms with van der Waals surface area (Å²) in [5, 5.41) is 0. The lowest BCUT2D eigenvalue weighted by Gasteiger charge is -2.24. The normalized spacial score (nSPS) is 21.4. The van der Waals surface area contributed by atoms with E-state index >= 15 is 0 Å². The second kappa shape index (κ2) is 4.47. The quantitative estimate of drug-likeness (QED) is 0.670. The molecule has 1 atom stereocenters. The van der Waals surface area contributed by atoms with E-state index in [0.29, 0.717) is 0 Å². The summed E-state index contributed by atoms with van der Waals surface area (Å²) < 4.78 is 18.4. The van der Waals surface area contributed by atoms with Gasteiger partial charge in [0.15, 0.2) is 0 Å². The summed E-state index contributed by atoms with van der Waals surface area (Å²) in [7, 11) is 0. The molecule has 0 heterocycles. The zero-order chi connectivity index (χ0) is 10.7. The summed E-state index contributed by atoms with van der Waals surface area (Å²) in [5.41, 5.74) is 1.26. The van der Waals surface area contributed by atoms with E-state index in [2.05, 4.69) is 6.58 Å². The Morgan fingerprint density at radius 3 is 2.67 bits per heavy atom. The summed E-state index contributed by atoms with van der Waals surface area (Å²) in [4.78, 5) is 0. The smallest absolute Gasteiger partial charge is 0.123 e. The molecule has 1 aromatic carbocycles. The van der Waals surface area contributed by atoms with Crippen molar-refractivity contribution in [1.29, 1.82) is 0 Å². The number of rotatable bonds is 2. The van der Waals surface area contributed by atoms with Crippen LogP contribution in [0.3, 0.4) is 0 Å². The van der Waals surface area contributed by atoms with Gasteiger partial charge in [-0.05, 0) is 43.5 Å². The maximum Gasteiger partial charge on any atom is 0.123 e. The third kappa shape index (κ3) is 2.82. The van der Waals surface area contributed by atoms with Gasteiger partial charge in [-0.3, -0.25) is 0 Å². The zero-order valence-electron chi connectivity index (χ0n) is 8.71. The summed E-state index contributed by atoms with van der Waals surface area (Å²) in [6, 6.07) is 6.19. The van der Waals surface area contributed by atoms with Crippen molar-refractivity contribution in [3.8, 4) is 5.75 Å². The Labute approximate surface area is 89.6 Å². The van der Waals surface area contributed by atoms with Crippen LogP contribution in [0.2, 0.25) is 0 Å². The Bertz CT molecular complexity index is 342. The maximum absolute atomic E-state index is 12.7. The van der Waals surface area contributed by atoms with Crippen molar-refractivity contribution in [1.82, 2.24) is 0 Å². The van der Waals surface area contributed by atoms with E-state index in [-0.39, 0.29) is 11.9 Å². The van der Waals surface area contributed by atoms with Crippen molar-refractivity contribution >= 4 is 0 Å². The first kappa shape index (κ1) is 10.2. The summed E-state index contributed by atoms with van der Waals surface area (Å²) in [6.45, 7) is 3.98. The van der Waals surface area contributed by atoms with Crippen LogP contribution in [-0.2, 0) is 0 Å². The van der Waals surface area contributed by atoms with E-state index < -0.39 is 0 Å². The van der Waals surface area contributed by atoms with Gasteiger partial charge in [-0.25, -0.2) is 4.39 Å². The molecule has 2 heteroatoms. The Hall–Kier alpha value is -1.31. The molecule has 0 spiro atoms. The topological polar surface area (TPSA) is 9.23 Å². The molecule has 0 aliphatic heterocycles. The highest BCUT2D eigenvalue weighted by atomic mass is 19.1. The molecule has 0 saturated heterocycles. The molecule has 2 rings (SSSR count). The van der Waals surface area contributed by atoms with Crippen LogP contribution in [0.15, 0.2) is 36.4 Å². The number of hydrogen-bond donors (Lipinski definition) is 0. The molecule has 0 radical (unpaired) electrons. The Morgan fingerprint density at radius 1 is 1.27 bits per heavy atom. The number of halogens is 1. The number of ether oxygens (including phenoxy) is 1. The Kier molecular flexibility index (Phi) is 3.05. The lowest BCUT2D eigenvalue weighted by Crippen LogP contribution is -2.20. The molecule has 1 aliphatic carbocycles. The van der Waals surface area contributed by atoms with Crippen LogP contribution in [0, 0.1) is 5.82 Å². The molecule has 1 nitrogen and oxygen atoms in total. The third-order valence-electron chi connectivity index (χ3n) is 2.69. The van der Waals surface area contributed by atoms with E-state index in [0.717, 1.165) is 31.4 Å². The fourth-order valence-corrected chi connectivity index (χ4v) is 1.91. The summed E-state index contributed by atoms with van der Waals surface area (Å²) in [6.07, 6.45) is 4.47. The largest absolute Gasteiger partial charge is 0.490 e. The molecular weight excluding hydrogens is 191 g/mol. The predicted octanol–water partition coefficient (Wildman–Crippen LogP) is 3.70. The van der Waals surface area contributed by atoms with Gasteiger partial charge in [-0.2, -0.15) is 0 Å². The molecule has 1 fully saturated rings. The van der Waals surface area contributed by atoms with Crippen molar-refractivity contribution in [3.05, 3.63) is 42.2 Å². The minimum absolute atomic E-state index is 0.219. The van der Waals surface area contributed by atoms with Gasteiger partial charge in [0, 0.05) is 6.42 Å². The first-order chi connectivity index (χ1) is 7.24. The van der Waals surface area contributed by atoms with Gasteiger partial charge in [-0.15, -0.1) is 0 Å². The average molecular weight is 206 g/mol. The molecule has 0 bridgehead atoms. The van der Waals surface area contributed by atoms with Gasteiger partial charge in [0.1, 0.15) is 17.7 Å². The SMILES string of the molecule is C=C1CCCC(Oc2ccc(F)cc2)C1. The van der Waals surface area contributed by atoms with Crippen LogP contribution in [0.1, 0.15) is 25.7 Å². The fourth-order valence-electron chi connectivity index (χ4n) is 1.91. The molecule has 0 amide bonds. The zero-order valence-corrected chi connectivity index (χ0v) is 8.71. The minimum atomic E-state index is -0.226. The highest BCUT2D eigenvalue weighted by Crippen LogP contribution is 2.26. The van der Waals surface area contributed by atoms with E-state index in [1.165, 1.54) is 17.7 Å². The monoisotopic (exact) mass is 206 g/mol.